The number of hydrogen-bond acceptors (Lipinski definition) is 4. The summed E-state index contributed by atoms with van der Waals surface area (Å²) in [6.45, 7) is 1.78. The van der Waals surface area contributed by atoms with Crippen LogP contribution in [0.2, 0.25) is 0 Å². The molecule has 1 aromatic heterocycles. The van der Waals surface area contributed by atoms with Crippen LogP contribution in [0.15, 0.2) is 77.3 Å². The Hall–Kier alpha value is -3.25. The van der Waals surface area contributed by atoms with Gasteiger partial charge in [-0.05, 0) is 49.4 Å². The number of hydrogen-bond donors (Lipinski definition) is 0. The highest BCUT2D eigenvalue weighted by Crippen LogP contribution is 2.24. The maximum atomic E-state index is 13.0. The van der Waals surface area contributed by atoms with Gasteiger partial charge in [0, 0.05) is 22.6 Å². The van der Waals surface area contributed by atoms with Crippen LogP contribution in [0.5, 0.6) is 0 Å². The molecule has 0 spiro atoms. The van der Waals surface area contributed by atoms with Gasteiger partial charge in [0.15, 0.2) is 17.7 Å². The van der Waals surface area contributed by atoms with Crippen molar-refractivity contribution in [1.29, 1.82) is 0 Å². The predicted octanol–water partition coefficient (Wildman–Crippen LogP) is 5.48. The normalized spacial score (nSPS) is 12.0. The maximum Gasteiger partial charge on any atom is 0.339 e. The fourth-order valence-electron chi connectivity index (χ4n) is 3.42. The van der Waals surface area contributed by atoms with Crippen molar-refractivity contribution in [3.63, 3.8) is 0 Å². The zero-order chi connectivity index (χ0) is 21.3. The number of aromatic nitrogens is 2. The summed E-state index contributed by atoms with van der Waals surface area (Å²) in [7, 11) is 1.89. The van der Waals surface area contributed by atoms with Crippen LogP contribution in [-0.2, 0) is 11.8 Å². The zero-order valence-electron chi connectivity index (χ0n) is 16.5. The molecule has 6 heteroatoms. The van der Waals surface area contributed by atoms with Crippen LogP contribution >= 0.6 is 15.9 Å². The second-order valence-corrected chi connectivity index (χ2v) is 7.86. The molecule has 0 saturated carbocycles. The SMILES string of the molecule is CC(OC(=O)c1ccccc1C(=O)c1ccc(Br)cc1)c1nc2ccccc2n1C. The first-order valence-corrected chi connectivity index (χ1v) is 10.3. The van der Waals surface area contributed by atoms with E-state index >= 15 is 0 Å². The Kier molecular flexibility index (Phi) is 5.50. The molecule has 4 rings (SSSR count). The average Bonchev–Trinajstić information content (AvgIpc) is 3.10. The molecule has 4 aromatic rings. The molecule has 0 fully saturated rings. The van der Waals surface area contributed by atoms with E-state index < -0.39 is 12.1 Å². The minimum atomic E-state index is -0.578. The van der Waals surface area contributed by atoms with Crippen LogP contribution in [0.3, 0.4) is 0 Å². The van der Waals surface area contributed by atoms with E-state index in [1.807, 2.05) is 35.9 Å². The smallest absolute Gasteiger partial charge is 0.339 e. The summed E-state index contributed by atoms with van der Waals surface area (Å²) in [4.78, 5) is 30.5. The van der Waals surface area contributed by atoms with Gasteiger partial charge in [0.2, 0.25) is 0 Å². The third-order valence-corrected chi connectivity index (χ3v) is 5.50. The number of ketones is 1. The van der Waals surface area contributed by atoms with Gasteiger partial charge in [-0.15, -0.1) is 0 Å². The van der Waals surface area contributed by atoms with Gasteiger partial charge in [0.25, 0.3) is 0 Å². The van der Waals surface area contributed by atoms with E-state index in [0.717, 1.165) is 15.5 Å². The minimum absolute atomic E-state index is 0.231. The first-order valence-electron chi connectivity index (χ1n) is 9.47. The van der Waals surface area contributed by atoms with Crippen LogP contribution < -0.4 is 0 Å². The molecule has 0 aliphatic carbocycles. The molecular formula is C24H19BrN2O3. The number of halogens is 1. The number of esters is 1. The Morgan fingerprint density at radius 1 is 0.933 bits per heavy atom. The fourth-order valence-corrected chi connectivity index (χ4v) is 3.68. The molecule has 0 radical (unpaired) electrons. The van der Waals surface area contributed by atoms with Crippen molar-refractivity contribution >= 4 is 38.7 Å². The van der Waals surface area contributed by atoms with Crippen LogP contribution in [0, 0.1) is 0 Å². The highest BCUT2D eigenvalue weighted by Gasteiger charge is 2.23. The summed E-state index contributed by atoms with van der Waals surface area (Å²) in [6, 6.07) is 21.5. The number of carbonyl (C=O) groups is 2. The summed E-state index contributed by atoms with van der Waals surface area (Å²) >= 11 is 3.36. The van der Waals surface area contributed by atoms with E-state index in [9.17, 15) is 9.59 Å². The van der Waals surface area contributed by atoms with E-state index in [1.54, 1.807) is 55.5 Å². The number of rotatable bonds is 5. The number of fused-ring (bicyclic) bond motifs is 1. The molecule has 0 bridgehead atoms. The molecule has 150 valence electrons. The molecule has 0 aliphatic heterocycles. The van der Waals surface area contributed by atoms with Crippen molar-refractivity contribution in [2.45, 2.75) is 13.0 Å². The summed E-state index contributed by atoms with van der Waals surface area (Å²) in [5.74, 6) is -0.151. The van der Waals surface area contributed by atoms with Crippen molar-refractivity contribution < 1.29 is 14.3 Å². The van der Waals surface area contributed by atoms with Gasteiger partial charge < -0.3 is 9.30 Å². The lowest BCUT2D eigenvalue weighted by Gasteiger charge is -2.15. The molecule has 0 amide bonds. The standard InChI is InChI=1S/C24H19BrN2O3/c1-15(23-26-20-9-5-6-10-21(20)27(23)2)30-24(29)19-8-4-3-7-18(19)22(28)16-11-13-17(25)14-12-16/h3-15H,1-2H3. The third kappa shape index (κ3) is 3.78. The molecule has 30 heavy (non-hydrogen) atoms. The van der Waals surface area contributed by atoms with Crippen molar-refractivity contribution in [2.75, 3.05) is 0 Å². The highest BCUT2D eigenvalue weighted by atomic mass is 79.9. The van der Waals surface area contributed by atoms with Crippen LogP contribution in [0.4, 0.5) is 0 Å². The molecule has 0 aliphatic rings. The van der Waals surface area contributed by atoms with Crippen molar-refractivity contribution in [1.82, 2.24) is 9.55 Å². The summed E-state index contributed by atoms with van der Waals surface area (Å²) in [5, 5.41) is 0. The second-order valence-electron chi connectivity index (χ2n) is 6.95. The van der Waals surface area contributed by atoms with Crippen molar-refractivity contribution in [3.05, 3.63) is 99.8 Å². The van der Waals surface area contributed by atoms with Crippen LogP contribution in [0.1, 0.15) is 45.1 Å². The number of nitrogens with zero attached hydrogens (tertiary/aromatic N) is 2. The van der Waals surface area contributed by atoms with Gasteiger partial charge in [-0.3, -0.25) is 4.79 Å². The third-order valence-electron chi connectivity index (χ3n) is 4.97. The lowest BCUT2D eigenvalue weighted by molar-refractivity contribution is 0.0313. The number of ether oxygens (including phenoxy) is 1. The van der Waals surface area contributed by atoms with E-state index in [0.29, 0.717) is 17.0 Å². The van der Waals surface area contributed by atoms with Crippen LogP contribution in [-0.4, -0.2) is 21.3 Å². The van der Waals surface area contributed by atoms with Gasteiger partial charge in [0.05, 0.1) is 16.6 Å². The van der Waals surface area contributed by atoms with E-state index in [1.165, 1.54) is 0 Å². The van der Waals surface area contributed by atoms with E-state index in [4.69, 9.17) is 4.74 Å². The summed E-state index contributed by atoms with van der Waals surface area (Å²) < 4.78 is 8.48. The molecule has 1 unspecified atom stereocenters. The molecule has 0 N–H and O–H groups in total. The van der Waals surface area contributed by atoms with Gasteiger partial charge >= 0.3 is 5.97 Å². The molecule has 5 nitrogen and oxygen atoms in total. The number of carbonyl (C=O) groups excluding carboxylic acids is 2. The molecule has 1 atom stereocenters. The second kappa shape index (κ2) is 8.24. The maximum absolute atomic E-state index is 13.0. The number of imidazole rings is 1. The summed E-state index contributed by atoms with van der Waals surface area (Å²) in [5.41, 5.74) is 2.84. The minimum Gasteiger partial charge on any atom is -0.451 e. The molecule has 3 aromatic carbocycles. The quantitative estimate of drug-likeness (QED) is 0.290. The first kappa shape index (κ1) is 20.0. The predicted molar refractivity (Wildman–Crippen MR) is 119 cm³/mol. The first-order chi connectivity index (χ1) is 14.5. The highest BCUT2D eigenvalue weighted by molar-refractivity contribution is 9.10. The number of aryl methyl sites for hydroxylation is 1. The fraction of sp³-hybridized carbons (Fsp3) is 0.125. The zero-order valence-corrected chi connectivity index (χ0v) is 18.1. The lowest BCUT2D eigenvalue weighted by atomic mass is 9.98. The Morgan fingerprint density at radius 3 is 2.27 bits per heavy atom. The van der Waals surface area contributed by atoms with Gasteiger partial charge in [0.1, 0.15) is 0 Å². The van der Waals surface area contributed by atoms with E-state index in [2.05, 4.69) is 20.9 Å². The number of para-hydroxylation sites is 2. The summed E-state index contributed by atoms with van der Waals surface area (Å²) in [6.07, 6.45) is -0.578. The molecular weight excluding hydrogens is 444 g/mol. The van der Waals surface area contributed by atoms with Crippen molar-refractivity contribution in [3.8, 4) is 0 Å². The average molecular weight is 463 g/mol. The lowest BCUT2D eigenvalue weighted by Crippen LogP contribution is -2.16. The Balaban J connectivity index is 1.61. The van der Waals surface area contributed by atoms with Crippen LogP contribution in [0.25, 0.3) is 11.0 Å². The van der Waals surface area contributed by atoms with Gasteiger partial charge in [-0.25, -0.2) is 9.78 Å². The van der Waals surface area contributed by atoms with Crippen molar-refractivity contribution in [2.24, 2.45) is 7.05 Å². The molecule has 1 heterocycles. The molecule has 0 saturated heterocycles. The van der Waals surface area contributed by atoms with Gasteiger partial charge in [-0.2, -0.15) is 0 Å². The monoisotopic (exact) mass is 462 g/mol. The topological polar surface area (TPSA) is 61.2 Å². The number of benzene rings is 3. The van der Waals surface area contributed by atoms with E-state index in [-0.39, 0.29) is 11.3 Å². The van der Waals surface area contributed by atoms with Gasteiger partial charge in [-0.1, -0.05) is 46.3 Å². The Morgan fingerprint density at radius 2 is 1.57 bits per heavy atom. The Bertz CT molecular complexity index is 1250. The largest absolute Gasteiger partial charge is 0.451 e. The Labute approximate surface area is 182 Å².